The van der Waals surface area contributed by atoms with E-state index in [1.165, 1.54) is 0 Å². The number of rotatable bonds is 8. The van der Waals surface area contributed by atoms with Crippen molar-refractivity contribution in [2.45, 2.75) is 53.6 Å². The third-order valence-corrected chi connectivity index (χ3v) is 3.65. The first kappa shape index (κ1) is 15.9. The SMILES string of the molecule is CCC(OC)C(COC)(CC(C)C)C(C)C. The smallest absolute Gasteiger partial charge is 0.0649 e. The Morgan fingerprint density at radius 1 is 1.06 bits per heavy atom. The van der Waals surface area contributed by atoms with Crippen molar-refractivity contribution in [3.63, 3.8) is 0 Å². The molecule has 2 unspecified atom stereocenters. The molecule has 0 aromatic carbocycles. The fourth-order valence-corrected chi connectivity index (χ4v) is 2.89. The predicted molar refractivity (Wildman–Crippen MR) is 69.7 cm³/mol. The lowest BCUT2D eigenvalue weighted by Gasteiger charge is -2.44. The fourth-order valence-electron chi connectivity index (χ4n) is 2.89. The molecule has 0 radical (unpaired) electrons. The second-order valence-corrected chi connectivity index (χ2v) is 5.55. The molecule has 16 heavy (non-hydrogen) atoms. The predicted octanol–water partition coefficient (Wildman–Crippen LogP) is 3.75. The highest BCUT2D eigenvalue weighted by Crippen LogP contribution is 2.41. The molecule has 0 aromatic heterocycles. The normalized spacial score (nSPS) is 17.8. The summed E-state index contributed by atoms with van der Waals surface area (Å²) >= 11 is 0. The Morgan fingerprint density at radius 3 is 1.88 bits per heavy atom. The molecule has 0 rings (SSSR count). The van der Waals surface area contributed by atoms with Gasteiger partial charge >= 0.3 is 0 Å². The molecule has 0 saturated carbocycles. The summed E-state index contributed by atoms with van der Waals surface area (Å²) in [5, 5.41) is 0. The van der Waals surface area contributed by atoms with Gasteiger partial charge in [0, 0.05) is 19.6 Å². The average molecular weight is 230 g/mol. The highest BCUT2D eigenvalue weighted by molar-refractivity contribution is 4.90. The summed E-state index contributed by atoms with van der Waals surface area (Å²) in [4.78, 5) is 0. The van der Waals surface area contributed by atoms with Gasteiger partial charge in [-0.2, -0.15) is 0 Å². The molecule has 2 atom stereocenters. The van der Waals surface area contributed by atoms with Gasteiger partial charge in [-0.05, 0) is 24.7 Å². The van der Waals surface area contributed by atoms with Crippen molar-refractivity contribution < 1.29 is 9.47 Å². The molecule has 0 aliphatic rings. The molecule has 0 heterocycles. The minimum absolute atomic E-state index is 0.145. The maximum absolute atomic E-state index is 5.70. The number of hydrogen-bond donors (Lipinski definition) is 0. The molecular formula is C14H30O2. The second-order valence-electron chi connectivity index (χ2n) is 5.55. The van der Waals surface area contributed by atoms with Gasteiger partial charge < -0.3 is 9.47 Å². The van der Waals surface area contributed by atoms with Gasteiger partial charge in [-0.25, -0.2) is 0 Å². The zero-order valence-corrected chi connectivity index (χ0v) is 12.2. The maximum atomic E-state index is 5.70. The van der Waals surface area contributed by atoms with Gasteiger partial charge in [0.2, 0.25) is 0 Å². The van der Waals surface area contributed by atoms with Crippen molar-refractivity contribution in [1.82, 2.24) is 0 Å². The van der Waals surface area contributed by atoms with Gasteiger partial charge in [0.25, 0.3) is 0 Å². The van der Waals surface area contributed by atoms with Crippen molar-refractivity contribution in [1.29, 1.82) is 0 Å². The van der Waals surface area contributed by atoms with E-state index < -0.39 is 0 Å². The van der Waals surface area contributed by atoms with Gasteiger partial charge in [0.05, 0.1) is 12.7 Å². The average Bonchev–Trinajstić information content (AvgIpc) is 2.18. The standard InChI is InChI=1S/C14H30O2/c1-8-13(16-7)14(10-15-6,12(4)5)9-11(2)3/h11-13H,8-10H2,1-7H3. The molecule has 0 N–H and O–H groups in total. The first-order valence-corrected chi connectivity index (χ1v) is 6.46. The van der Waals surface area contributed by atoms with Gasteiger partial charge in [0.1, 0.15) is 0 Å². The van der Waals surface area contributed by atoms with Crippen LogP contribution in [-0.4, -0.2) is 26.9 Å². The Morgan fingerprint density at radius 2 is 1.62 bits per heavy atom. The molecular weight excluding hydrogens is 200 g/mol. The van der Waals surface area contributed by atoms with Crippen LogP contribution in [0.3, 0.4) is 0 Å². The lowest BCUT2D eigenvalue weighted by molar-refractivity contribution is -0.0936. The fraction of sp³-hybridized carbons (Fsp3) is 1.00. The maximum Gasteiger partial charge on any atom is 0.0649 e. The number of methoxy groups -OCH3 is 2. The van der Waals surface area contributed by atoms with Gasteiger partial charge in [-0.3, -0.25) is 0 Å². The third-order valence-electron chi connectivity index (χ3n) is 3.65. The van der Waals surface area contributed by atoms with Crippen LogP contribution in [0.15, 0.2) is 0 Å². The Bertz CT molecular complexity index is 174. The largest absolute Gasteiger partial charge is 0.384 e. The summed E-state index contributed by atoms with van der Waals surface area (Å²) in [6.07, 6.45) is 2.49. The van der Waals surface area contributed by atoms with Crippen LogP contribution < -0.4 is 0 Å². The first-order valence-electron chi connectivity index (χ1n) is 6.46. The van der Waals surface area contributed by atoms with Crippen LogP contribution in [0.1, 0.15) is 47.5 Å². The van der Waals surface area contributed by atoms with E-state index in [-0.39, 0.29) is 11.5 Å². The van der Waals surface area contributed by atoms with Crippen molar-refractivity contribution in [3.8, 4) is 0 Å². The highest BCUT2D eigenvalue weighted by Gasteiger charge is 2.41. The number of hydrogen-bond acceptors (Lipinski definition) is 2. The van der Waals surface area contributed by atoms with Crippen LogP contribution >= 0.6 is 0 Å². The summed E-state index contributed by atoms with van der Waals surface area (Å²) in [7, 11) is 3.61. The Hall–Kier alpha value is -0.0800. The minimum atomic E-state index is 0.145. The second kappa shape index (κ2) is 7.29. The van der Waals surface area contributed by atoms with E-state index in [0.29, 0.717) is 11.8 Å². The van der Waals surface area contributed by atoms with E-state index in [2.05, 4.69) is 34.6 Å². The summed E-state index contributed by atoms with van der Waals surface area (Å²) in [5.41, 5.74) is 0.145. The quantitative estimate of drug-likeness (QED) is 0.632. The lowest BCUT2D eigenvalue weighted by Crippen LogP contribution is -2.45. The highest BCUT2D eigenvalue weighted by atomic mass is 16.5. The van der Waals surface area contributed by atoms with E-state index in [1.807, 2.05) is 7.11 Å². The van der Waals surface area contributed by atoms with Crippen LogP contribution in [0.2, 0.25) is 0 Å². The summed E-state index contributed by atoms with van der Waals surface area (Å²) in [6, 6.07) is 0. The van der Waals surface area contributed by atoms with E-state index in [4.69, 9.17) is 9.47 Å². The molecule has 2 nitrogen and oxygen atoms in total. The van der Waals surface area contributed by atoms with Crippen LogP contribution in [0.25, 0.3) is 0 Å². The summed E-state index contributed by atoms with van der Waals surface area (Å²) < 4.78 is 11.2. The van der Waals surface area contributed by atoms with Crippen molar-refractivity contribution >= 4 is 0 Å². The molecule has 0 aromatic rings. The zero-order valence-electron chi connectivity index (χ0n) is 12.2. The Balaban J connectivity index is 5.05. The van der Waals surface area contributed by atoms with Crippen LogP contribution in [0.5, 0.6) is 0 Å². The zero-order chi connectivity index (χ0) is 12.8. The van der Waals surface area contributed by atoms with E-state index in [0.717, 1.165) is 19.4 Å². The molecule has 0 fully saturated rings. The van der Waals surface area contributed by atoms with Crippen LogP contribution in [0.4, 0.5) is 0 Å². The van der Waals surface area contributed by atoms with E-state index >= 15 is 0 Å². The van der Waals surface area contributed by atoms with Crippen molar-refractivity contribution in [3.05, 3.63) is 0 Å². The third kappa shape index (κ3) is 3.74. The minimum Gasteiger partial charge on any atom is -0.384 e. The van der Waals surface area contributed by atoms with Crippen LogP contribution in [0, 0.1) is 17.3 Å². The van der Waals surface area contributed by atoms with E-state index in [9.17, 15) is 0 Å². The Kier molecular flexibility index (Phi) is 7.25. The number of ether oxygens (including phenoxy) is 2. The topological polar surface area (TPSA) is 18.5 Å². The van der Waals surface area contributed by atoms with Crippen molar-refractivity contribution in [2.75, 3.05) is 20.8 Å². The molecule has 0 aliphatic carbocycles. The molecule has 0 amide bonds. The molecule has 0 aliphatic heterocycles. The molecule has 0 spiro atoms. The first-order chi connectivity index (χ1) is 7.44. The molecule has 0 bridgehead atoms. The molecule has 2 heteroatoms. The van der Waals surface area contributed by atoms with Gasteiger partial charge in [-0.1, -0.05) is 34.6 Å². The lowest BCUT2D eigenvalue weighted by atomic mass is 9.67. The Labute approximate surface area is 102 Å². The van der Waals surface area contributed by atoms with Gasteiger partial charge in [-0.15, -0.1) is 0 Å². The van der Waals surface area contributed by atoms with E-state index in [1.54, 1.807) is 7.11 Å². The molecule has 0 saturated heterocycles. The van der Waals surface area contributed by atoms with Crippen molar-refractivity contribution in [2.24, 2.45) is 17.3 Å². The summed E-state index contributed by atoms with van der Waals surface area (Å²) in [5.74, 6) is 1.24. The monoisotopic (exact) mass is 230 g/mol. The molecule has 98 valence electrons. The van der Waals surface area contributed by atoms with Gasteiger partial charge in [0.15, 0.2) is 0 Å². The summed E-state index contributed by atoms with van der Waals surface area (Å²) in [6.45, 7) is 12.1. The van der Waals surface area contributed by atoms with Crippen LogP contribution in [-0.2, 0) is 9.47 Å².